The molecule has 3 atom stereocenters. The second-order valence-corrected chi connectivity index (χ2v) is 9.37. The van der Waals surface area contributed by atoms with Gasteiger partial charge in [0.15, 0.2) is 0 Å². The Hall–Kier alpha value is -0.0700. The molecule has 0 aromatic heterocycles. The molecule has 158 valence electrons. The summed E-state index contributed by atoms with van der Waals surface area (Å²) in [5, 5.41) is 0. The molecule has 2 N–H and O–H groups in total. The number of nitrogens with zero attached hydrogens (tertiary/aromatic N) is 2. The van der Waals surface area contributed by atoms with Crippen molar-refractivity contribution in [1.82, 2.24) is 9.80 Å². The van der Waals surface area contributed by atoms with E-state index in [-0.39, 0.29) is 48.2 Å². The van der Waals surface area contributed by atoms with Gasteiger partial charge in [0.05, 0.1) is 6.10 Å². The summed E-state index contributed by atoms with van der Waals surface area (Å²) in [7, 11) is 0. The highest BCUT2D eigenvalue weighted by Gasteiger charge is 2.70. The van der Waals surface area contributed by atoms with Gasteiger partial charge in [0, 0.05) is 37.6 Å². The van der Waals surface area contributed by atoms with Gasteiger partial charge in [-0.15, -0.1) is 24.8 Å². The molecule has 1 saturated carbocycles. The topological polar surface area (TPSA) is 58.8 Å². The van der Waals surface area contributed by atoms with Gasteiger partial charge in [-0.25, -0.2) is 0 Å². The summed E-state index contributed by atoms with van der Waals surface area (Å²) in [6.07, 6.45) is 7.18. The number of hydrogen-bond donors (Lipinski definition) is 1. The Bertz CT molecular complexity index is 519. The van der Waals surface area contributed by atoms with Crippen molar-refractivity contribution in [3.63, 3.8) is 0 Å². The number of carbonyl (C=O) groups is 1. The van der Waals surface area contributed by atoms with Crippen LogP contribution in [-0.4, -0.2) is 66.7 Å². The summed E-state index contributed by atoms with van der Waals surface area (Å²) in [5.74, 6) is 1.13. The van der Waals surface area contributed by atoms with Gasteiger partial charge in [0.2, 0.25) is 5.91 Å². The van der Waals surface area contributed by atoms with E-state index in [1.165, 1.54) is 32.5 Å². The van der Waals surface area contributed by atoms with Crippen LogP contribution in [-0.2, 0) is 9.53 Å². The Kier molecular flexibility index (Phi) is 7.52. The monoisotopic (exact) mass is 421 g/mol. The lowest BCUT2D eigenvalue weighted by molar-refractivity contribution is -0.230. The number of halogens is 2. The molecule has 1 aliphatic carbocycles. The molecule has 1 amide bonds. The molecule has 0 aromatic carbocycles. The first kappa shape index (κ1) is 23.2. The average molecular weight is 422 g/mol. The first-order valence-electron chi connectivity index (χ1n) is 10.4. The zero-order chi connectivity index (χ0) is 17.7. The minimum Gasteiger partial charge on any atom is -0.377 e. The molecule has 4 aliphatic rings. The summed E-state index contributed by atoms with van der Waals surface area (Å²) in [5.41, 5.74) is 5.80. The third kappa shape index (κ3) is 3.75. The Balaban J connectivity index is 0.00000131. The van der Waals surface area contributed by atoms with Gasteiger partial charge >= 0.3 is 0 Å². The van der Waals surface area contributed by atoms with Crippen LogP contribution in [0.2, 0.25) is 0 Å². The smallest absolute Gasteiger partial charge is 0.243 e. The van der Waals surface area contributed by atoms with Gasteiger partial charge in [-0.3, -0.25) is 4.79 Å². The van der Waals surface area contributed by atoms with Gasteiger partial charge in [-0.2, -0.15) is 0 Å². The number of likely N-dealkylation sites (tertiary alicyclic amines) is 2. The summed E-state index contributed by atoms with van der Waals surface area (Å²) < 4.78 is 5.96. The lowest BCUT2D eigenvalue weighted by Gasteiger charge is -2.66. The minimum atomic E-state index is -0.736. The molecular weight excluding hydrogens is 385 g/mol. The van der Waals surface area contributed by atoms with Crippen molar-refractivity contribution in [2.24, 2.45) is 23.0 Å². The molecule has 3 heterocycles. The predicted octanol–water partition coefficient (Wildman–Crippen LogP) is 2.70. The van der Waals surface area contributed by atoms with Crippen LogP contribution in [0.4, 0.5) is 0 Å². The van der Waals surface area contributed by atoms with Crippen molar-refractivity contribution < 1.29 is 9.53 Å². The van der Waals surface area contributed by atoms with E-state index in [1.807, 2.05) is 0 Å². The van der Waals surface area contributed by atoms with Crippen LogP contribution in [0, 0.1) is 17.3 Å². The maximum atomic E-state index is 13.4. The average Bonchev–Trinajstić information content (AvgIpc) is 3.14. The van der Waals surface area contributed by atoms with E-state index < -0.39 is 5.54 Å². The molecular formula is C20H37Cl2N3O2. The van der Waals surface area contributed by atoms with Crippen molar-refractivity contribution in [3.8, 4) is 0 Å². The third-order valence-electron chi connectivity index (χ3n) is 7.66. The van der Waals surface area contributed by atoms with Crippen LogP contribution in [0.1, 0.15) is 52.4 Å². The van der Waals surface area contributed by atoms with Gasteiger partial charge < -0.3 is 20.3 Å². The summed E-state index contributed by atoms with van der Waals surface area (Å²) >= 11 is 0. The Morgan fingerprint density at radius 2 is 1.67 bits per heavy atom. The van der Waals surface area contributed by atoms with Crippen molar-refractivity contribution in [2.75, 3.05) is 39.3 Å². The number of ether oxygens (including phenoxy) is 1. The molecule has 3 aliphatic heterocycles. The SMILES string of the molecule is CC1(C)C2OCCCC2C1(N)C(=O)N1CCC(CN2CCCC2)CC1.Cl.Cl. The molecule has 27 heavy (non-hydrogen) atoms. The summed E-state index contributed by atoms with van der Waals surface area (Å²) in [6.45, 7) is 10.6. The van der Waals surface area contributed by atoms with E-state index in [9.17, 15) is 4.79 Å². The van der Waals surface area contributed by atoms with Crippen molar-refractivity contribution >= 4 is 30.7 Å². The van der Waals surface area contributed by atoms with E-state index in [1.54, 1.807) is 0 Å². The standard InChI is InChI=1S/C20H35N3O2.2ClH/c1-19(2)17-16(6-5-13-25-17)20(19,21)18(24)23-11-7-15(8-12-23)14-22-9-3-4-10-22;;/h15-17H,3-14,21H2,1-2H3;2*1H. The maximum Gasteiger partial charge on any atom is 0.243 e. The van der Waals surface area contributed by atoms with Crippen LogP contribution < -0.4 is 5.73 Å². The van der Waals surface area contributed by atoms with E-state index in [2.05, 4.69) is 23.6 Å². The highest BCUT2D eigenvalue weighted by molar-refractivity contribution is 5.89. The van der Waals surface area contributed by atoms with Crippen LogP contribution in [0.5, 0.6) is 0 Å². The van der Waals surface area contributed by atoms with Gasteiger partial charge in [-0.1, -0.05) is 13.8 Å². The fourth-order valence-corrected chi connectivity index (χ4v) is 5.92. The predicted molar refractivity (Wildman–Crippen MR) is 113 cm³/mol. The number of nitrogens with two attached hydrogens (primary N) is 1. The van der Waals surface area contributed by atoms with Gasteiger partial charge in [-0.05, 0) is 57.5 Å². The lowest BCUT2D eigenvalue weighted by Crippen LogP contribution is -2.82. The molecule has 7 heteroatoms. The Labute approximate surface area is 176 Å². The van der Waals surface area contributed by atoms with Crippen molar-refractivity contribution in [2.45, 2.75) is 64.0 Å². The fourth-order valence-electron chi connectivity index (χ4n) is 5.92. The Morgan fingerprint density at radius 1 is 1.04 bits per heavy atom. The molecule has 0 radical (unpaired) electrons. The number of hydrogen-bond acceptors (Lipinski definition) is 4. The van der Waals surface area contributed by atoms with E-state index in [0.29, 0.717) is 0 Å². The van der Waals surface area contributed by atoms with E-state index >= 15 is 0 Å². The second kappa shape index (κ2) is 8.74. The second-order valence-electron chi connectivity index (χ2n) is 9.37. The fraction of sp³-hybridized carbons (Fsp3) is 0.950. The maximum absolute atomic E-state index is 13.4. The van der Waals surface area contributed by atoms with Crippen LogP contribution >= 0.6 is 24.8 Å². The minimum absolute atomic E-state index is 0. The van der Waals surface area contributed by atoms with Gasteiger partial charge in [0.25, 0.3) is 0 Å². The third-order valence-corrected chi connectivity index (χ3v) is 7.66. The quantitative estimate of drug-likeness (QED) is 0.760. The molecule has 3 unspecified atom stereocenters. The van der Waals surface area contributed by atoms with Crippen LogP contribution in [0.3, 0.4) is 0 Å². The molecule has 5 nitrogen and oxygen atoms in total. The molecule has 4 fully saturated rings. The zero-order valence-electron chi connectivity index (χ0n) is 16.8. The van der Waals surface area contributed by atoms with E-state index in [4.69, 9.17) is 10.5 Å². The lowest BCUT2D eigenvalue weighted by atomic mass is 9.46. The highest BCUT2D eigenvalue weighted by Crippen LogP contribution is 2.58. The summed E-state index contributed by atoms with van der Waals surface area (Å²) in [6, 6.07) is 0. The summed E-state index contributed by atoms with van der Waals surface area (Å²) in [4.78, 5) is 18.0. The first-order valence-corrected chi connectivity index (χ1v) is 10.4. The molecule has 3 saturated heterocycles. The number of amides is 1. The number of carbonyl (C=O) groups excluding carboxylic acids is 1. The van der Waals surface area contributed by atoms with Crippen LogP contribution in [0.15, 0.2) is 0 Å². The molecule has 0 spiro atoms. The number of rotatable bonds is 3. The molecule has 0 aromatic rings. The highest BCUT2D eigenvalue weighted by atomic mass is 35.5. The van der Waals surface area contributed by atoms with Crippen molar-refractivity contribution in [1.29, 1.82) is 0 Å². The zero-order valence-corrected chi connectivity index (χ0v) is 18.5. The molecule has 0 bridgehead atoms. The number of fused-ring (bicyclic) bond motifs is 1. The van der Waals surface area contributed by atoms with Gasteiger partial charge in [0.1, 0.15) is 5.54 Å². The molecule has 4 rings (SSSR count). The van der Waals surface area contributed by atoms with Crippen LogP contribution in [0.25, 0.3) is 0 Å². The van der Waals surface area contributed by atoms with E-state index in [0.717, 1.165) is 51.3 Å². The number of piperidine rings is 1. The van der Waals surface area contributed by atoms with Crippen molar-refractivity contribution in [3.05, 3.63) is 0 Å². The first-order chi connectivity index (χ1) is 11.9. The Morgan fingerprint density at radius 3 is 2.30 bits per heavy atom. The normalized spacial score (nSPS) is 36.2. The largest absolute Gasteiger partial charge is 0.377 e.